The van der Waals surface area contributed by atoms with Crippen LogP contribution in [0.1, 0.15) is 5.56 Å². The molecule has 2 heterocycles. The van der Waals surface area contributed by atoms with Crippen LogP contribution in [0, 0.1) is 6.92 Å². The summed E-state index contributed by atoms with van der Waals surface area (Å²) in [6.07, 6.45) is 3.76. The number of fused-ring (bicyclic) bond motifs is 7. The van der Waals surface area contributed by atoms with Crippen LogP contribution in [-0.4, -0.2) is 14.5 Å². The van der Waals surface area contributed by atoms with Crippen LogP contribution in [0.25, 0.3) is 107 Å². The molecule has 0 bridgehead atoms. The van der Waals surface area contributed by atoms with Crippen molar-refractivity contribution in [3.8, 4) is 44.5 Å². The molecular formula is C51H32OSe. The molecule has 11 aromatic rings. The fourth-order valence-corrected chi connectivity index (χ4v) is 11.5. The Morgan fingerprint density at radius 3 is 1.36 bits per heavy atom. The normalized spacial score (nSPS) is 11.9. The number of rotatable bonds is 4. The molecule has 0 aliphatic heterocycles. The van der Waals surface area contributed by atoms with E-state index in [9.17, 15) is 0 Å². The Balaban J connectivity index is 1.18. The molecule has 9 aromatic carbocycles. The molecule has 0 radical (unpaired) electrons. The van der Waals surface area contributed by atoms with E-state index in [-0.39, 0.29) is 14.5 Å². The fourth-order valence-electron chi connectivity index (χ4n) is 8.83. The Bertz CT molecular complexity index is 3120. The zero-order valence-electron chi connectivity index (χ0n) is 29.1. The molecule has 0 aliphatic rings. The molecule has 0 saturated carbocycles. The van der Waals surface area contributed by atoms with E-state index in [0.29, 0.717) is 0 Å². The van der Waals surface area contributed by atoms with Crippen molar-refractivity contribution in [2.45, 2.75) is 6.92 Å². The Labute approximate surface area is 313 Å². The van der Waals surface area contributed by atoms with Crippen molar-refractivity contribution in [3.05, 3.63) is 182 Å². The van der Waals surface area contributed by atoms with Gasteiger partial charge in [0.05, 0.1) is 0 Å². The van der Waals surface area contributed by atoms with E-state index in [4.69, 9.17) is 4.42 Å². The molecule has 0 aliphatic carbocycles. The van der Waals surface area contributed by atoms with Crippen LogP contribution < -0.4 is 0 Å². The minimum atomic E-state index is 0.120. The Morgan fingerprint density at radius 1 is 0.358 bits per heavy atom. The van der Waals surface area contributed by atoms with Crippen molar-refractivity contribution in [1.29, 1.82) is 0 Å². The van der Waals surface area contributed by atoms with Crippen molar-refractivity contribution in [2.75, 3.05) is 0 Å². The first-order chi connectivity index (χ1) is 26.2. The van der Waals surface area contributed by atoms with Gasteiger partial charge in [-0.3, -0.25) is 0 Å². The van der Waals surface area contributed by atoms with Gasteiger partial charge in [-0.1, -0.05) is 0 Å². The molecule has 0 amide bonds. The summed E-state index contributed by atoms with van der Waals surface area (Å²) in [4.78, 5) is 0. The summed E-state index contributed by atoms with van der Waals surface area (Å²) >= 11 is 0.120. The topological polar surface area (TPSA) is 13.1 Å². The molecular weight excluding hydrogens is 708 g/mol. The SMILES string of the molecule is Cc1cocc1-c1c2ccccc2c(-c2cccc3c2[se]c2cc(-c4c5ccccc5c(-c5ccccc5)c5ccccc45)ccc23)c2ccccc12. The van der Waals surface area contributed by atoms with Crippen LogP contribution in [0.5, 0.6) is 0 Å². The molecule has 0 unspecified atom stereocenters. The van der Waals surface area contributed by atoms with Gasteiger partial charge in [-0.05, 0) is 0 Å². The van der Waals surface area contributed by atoms with Gasteiger partial charge in [-0.25, -0.2) is 0 Å². The number of aryl methyl sites for hydroxylation is 1. The monoisotopic (exact) mass is 740 g/mol. The first-order valence-corrected chi connectivity index (χ1v) is 19.9. The third-order valence-electron chi connectivity index (χ3n) is 11.1. The molecule has 0 atom stereocenters. The van der Waals surface area contributed by atoms with Crippen LogP contribution in [0.2, 0.25) is 0 Å². The van der Waals surface area contributed by atoms with E-state index in [2.05, 4.69) is 171 Å². The second-order valence-corrected chi connectivity index (χ2v) is 16.2. The maximum atomic E-state index is 5.73. The van der Waals surface area contributed by atoms with Crippen LogP contribution in [-0.2, 0) is 0 Å². The quantitative estimate of drug-likeness (QED) is 0.129. The van der Waals surface area contributed by atoms with Gasteiger partial charge in [0.25, 0.3) is 0 Å². The maximum absolute atomic E-state index is 5.73. The van der Waals surface area contributed by atoms with Crippen LogP contribution in [0.4, 0.5) is 0 Å². The van der Waals surface area contributed by atoms with Gasteiger partial charge in [0.2, 0.25) is 0 Å². The van der Waals surface area contributed by atoms with Gasteiger partial charge >= 0.3 is 315 Å². The zero-order chi connectivity index (χ0) is 35.0. The van der Waals surface area contributed by atoms with E-state index in [1.165, 1.54) is 101 Å². The van der Waals surface area contributed by atoms with Gasteiger partial charge in [-0.2, -0.15) is 0 Å². The number of furan rings is 1. The predicted molar refractivity (Wildman–Crippen MR) is 227 cm³/mol. The second kappa shape index (κ2) is 11.9. The van der Waals surface area contributed by atoms with E-state index in [1.807, 2.05) is 12.5 Å². The molecule has 0 saturated heterocycles. The molecule has 2 aromatic heterocycles. The molecule has 1 nitrogen and oxygen atoms in total. The van der Waals surface area contributed by atoms with E-state index in [0.717, 1.165) is 11.1 Å². The average Bonchev–Trinajstić information content (AvgIpc) is 3.81. The molecule has 0 spiro atoms. The first kappa shape index (κ1) is 30.4. The third-order valence-corrected chi connectivity index (χ3v) is 13.6. The summed E-state index contributed by atoms with van der Waals surface area (Å²) in [5.74, 6) is 0. The molecule has 11 rings (SSSR count). The number of hydrogen-bond acceptors (Lipinski definition) is 1. The van der Waals surface area contributed by atoms with E-state index >= 15 is 0 Å². The van der Waals surface area contributed by atoms with Gasteiger partial charge < -0.3 is 0 Å². The van der Waals surface area contributed by atoms with E-state index < -0.39 is 0 Å². The van der Waals surface area contributed by atoms with Crippen LogP contribution in [0.15, 0.2) is 181 Å². The zero-order valence-corrected chi connectivity index (χ0v) is 30.8. The predicted octanol–water partition coefficient (Wildman–Crippen LogP) is 14.2. The van der Waals surface area contributed by atoms with Gasteiger partial charge in [0.15, 0.2) is 0 Å². The van der Waals surface area contributed by atoms with Crippen molar-refractivity contribution >= 4 is 76.9 Å². The summed E-state index contributed by atoms with van der Waals surface area (Å²) in [5, 5.41) is 12.9. The summed E-state index contributed by atoms with van der Waals surface area (Å²) in [6.45, 7) is 2.14. The standard InChI is InChI=1S/C51H32OSe/c1-31-29-52-30-45(31)50-41-22-11-9-20-39(41)49(40-21-10-12-23-42(40)50)44-25-13-24-43-34-27-26-33(28-46(34)53-51(43)44)48-37-18-7-5-16-35(37)47(32-14-3-2-4-15-32)36-17-6-8-19-38(36)48/h2-30H,1H3. The average molecular weight is 740 g/mol. The number of benzene rings is 9. The van der Waals surface area contributed by atoms with Crippen molar-refractivity contribution < 1.29 is 4.42 Å². The van der Waals surface area contributed by atoms with Gasteiger partial charge in [-0.15, -0.1) is 0 Å². The Morgan fingerprint density at radius 2 is 0.830 bits per heavy atom. The van der Waals surface area contributed by atoms with E-state index in [1.54, 1.807) is 0 Å². The molecule has 248 valence electrons. The molecule has 53 heavy (non-hydrogen) atoms. The van der Waals surface area contributed by atoms with Crippen molar-refractivity contribution in [2.24, 2.45) is 0 Å². The third kappa shape index (κ3) is 4.57. The molecule has 0 N–H and O–H groups in total. The summed E-state index contributed by atoms with van der Waals surface area (Å²) in [6, 6.07) is 60.8. The summed E-state index contributed by atoms with van der Waals surface area (Å²) in [5.41, 5.74) is 11.4. The van der Waals surface area contributed by atoms with Crippen LogP contribution >= 0.6 is 0 Å². The van der Waals surface area contributed by atoms with Crippen molar-refractivity contribution in [3.63, 3.8) is 0 Å². The van der Waals surface area contributed by atoms with Crippen molar-refractivity contribution in [1.82, 2.24) is 0 Å². The fraction of sp³-hybridized carbons (Fsp3) is 0.0196. The summed E-state index contributed by atoms with van der Waals surface area (Å²) in [7, 11) is 0. The number of hydrogen-bond donors (Lipinski definition) is 0. The molecule has 2 heteroatoms. The first-order valence-electron chi connectivity index (χ1n) is 18.2. The summed E-state index contributed by atoms with van der Waals surface area (Å²) < 4.78 is 8.63. The molecule has 0 fully saturated rings. The Hall–Kier alpha value is -6.18. The van der Waals surface area contributed by atoms with Gasteiger partial charge in [0, 0.05) is 0 Å². The van der Waals surface area contributed by atoms with Gasteiger partial charge in [0.1, 0.15) is 0 Å². The second-order valence-electron chi connectivity index (χ2n) is 14.0. The van der Waals surface area contributed by atoms with Crippen LogP contribution in [0.3, 0.4) is 0 Å². The minimum absolute atomic E-state index is 0.120. The Kier molecular flexibility index (Phi) is 6.86.